The maximum atomic E-state index is 12.7. The molecule has 3 atom stereocenters. The number of ketones is 1. The molecular formula is C25H38N2O4. The second-order valence-corrected chi connectivity index (χ2v) is 9.15. The molecule has 6 nitrogen and oxygen atoms in total. The van der Waals surface area contributed by atoms with Gasteiger partial charge in [-0.1, -0.05) is 18.9 Å². The molecule has 1 N–H and O–H groups in total. The standard InChI is InChI=1S/C25H38N2O4/c1-6-18(4)27(8-3)16-13-21-17-25(24(30)31-21)14-11-20(12-15-25)9-10-23(29)22(7-2)26-19(5)28/h2,6,18,20-22H,1,8-17H2,3-5H3,(H,26,28)/t18-,20?,21-,22-,25?/m0/s1. The number of likely N-dealkylation sites (N-methyl/N-ethyl adjacent to an activating group) is 1. The molecule has 1 heterocycles. The Labute approximate surface area is 187 Å². The van der Waals surface area contributed by atoms with E-state index in [-0.39, 0.29) is 29.2 Å². The first-order valence-corrected chi connectivity index (χ1v) is 11.6. The van der Waals surface area contributed by atoms with Gasteiger partial charge in [-0.3, -0.25) is 19.3 Å². The van der Waals surface area contributed by atoms with E-state index in [1.807, 2.05) is 6.08 Å². The van der Waals surface area contributed by atoms with Crippen molar-refractivity contribution in [2.75, 3.05) is 13.1 Å². The van der Waals surface area contributed by atoms with Crippen LogP contribution in [-0.2, 0) is 19.1 Å². The van der Waals surface area contributed by atoms with E-state index < -0.39 is 6.04 Å². The Morgan fingerprint density at radius 2 is 2.06 bits per heavy atom. The summed E-state index contributed by atoms with van der Waals surface area (Å²) in [5, 5.41) is 2.51. The van der Waals surface area contributed by atoms with Crippen LogP contribution in [-0.4, -0.2) is 53.8 Å². The number of amides is 1. The summed E-state index contributed by atoms with van der Waals surface area (Å²) < 4.78 is 5.77. The van der Waals surface area contributed by atoms with E-state index >= 15 is 0 Å². The van der Waals surface area contributed by atoms with E-state index in [0.29, 0.717) is 18.4 Å². The van der Waals surface area contributed by atoms with E-state index in [2.05, 4.69) is 36.6 Å². The van der Waals surface area contributed by atoms with Gasteiger partial charge < -0.3 is 10.1 Å². The highest BCUT2D eigenvalue weighted by molar-refractivity contribution is 5.91. The van der Waals surface area contributed by atoms with Crippen LogP contribution in [0.3, 0.4) is 0 Å². The van der Waals surface area contributed by atoms with Gasteiger partial charge in [-0.05, 0) is 57.9 Å². The van der Waals surface area contributed by atoms with Gasteiger partial charge in [-0.25, -0.2) is 0 Å². The second kappa shape index (κ2) is 11.5. The molecule has 2 aliphatic rings. The molecule has 1 spiro atoms. The van der Waals surface area contributed by atoms with Crippen molar-refractivity contribution in [1.82, 2.24) is 10.2 Å². The van der Waals surface area contributed by atoms with E-state index in [1.165, 1.54) is 6.92 Å². The highest BCUT2D eigenvalue weighted by atomic mass is 16.6. The highest BCUT2D eigenvalue weighted by Gasteiger charge is 2.50. The number of rotatable bonds is 11. The zero-order valence-corrected chi connectivity index (χ0v) is 19.3. The van der Waals surface area contributed by atoms with Crippen molar-refractivity contribution in [3.8, 4) is 12.3 Å². The van der Waals surface area contributed by atoms with Crippen molar-refractivity contribution >= 4 is 17.7 Å². The molecule has 0 aromatic carbocycles. The topological polar surface area (TPSA) is 75.7 Å². The van der Waals surface area contributed by atoms with Gasteiger partial charge in [0.25, 0.3) is 0 Å². The molecule has 2 rings (SSSR count). The van der Waals surface area contributed by atoms with Crippen molar-refractivity contribution in [2.24, 2.45) is 11.3 Å². The Morgan fingerprint density at radius 3 is 2.61 bits per heavy atom. The molecule has 0 radical (unpaired) electrons. The molecule has 1 aliphatic carbocycles. The predicted octanol–water partition coefficient (Wildman–Crippen LogP) is 3.25. The number of Topliss-reactive ketones (excluding diaryl/α,β-unsaturated/α-hetero) is 1. The summed E-state index contributed by atoms with van der Waals surface area (Å²) in [5.41, 5.74) is -0.343. The Morgan fingerprint density at radius 1 is 1.39 bits per heavy atom. The number of carbonyl (C=O) groups is 3. The van der Waals surface area contributed by atoms with Gasteiger partial charge in [0.05, 0.1) is 5.41 Å². The minimum Gasteiger partial charge on any atom is -0.462 e. The fourth-order valence-corrected chi connectivity index (χ4v) is 4.94. The summed E-state index contributed by atoms with van der Waals surface area (Å²) in [7, 11) is 0. The van der Waals surface area contributed by atoms with Gasteiger partial charge in [-0.2, -0.15) is 0 Å². The number of terminal acetylenes is 1. The van der Waals surface area contributed by atoms with Crippen LogP contribution in [0.4, 0.5) is 0 Å². The van der Waals surface area contributed by atoms with Crippen molar-refractivity contribution in [3.63, 3.8) is 0 Å². The first-order chi connectivity index (χ1) is 14.7. The predicted molar refractivity (Wildman–Crippen MR) is 121 cm³/mol. The number of carbonyl (C=O) groups excluding carboxylic acids is 3. The average molecular weight is 431 g/mol. The normalized spacial score (nSPS) is 27.4. The lowest BCUT2D eigenvalue weighted by atomic mass is 9.68. The van der Waals surface area contributed by atoms with Crippen molar-refractivity contribution in [2.45, 2.75) is 90.3 Å². The van der Waals surface area contributed by atoms with Gasteiger partial charge >= 0.3 is 5.97 Å². The first-order valence-electron chi connectivity index (χ1n) is 11.6. The number of hydrogen-bond donors (Lipinski definition) is 1. The van der Waals surface area contributed by atoms with Crippen molar-refractivity contribution < 1.29 is 19.1 Å². The number of nitrogens with one attached hydrogen (secondary N) is 1. The molecule has 31 heavy (non-hydrogen) atoms. The molecular weight excluding hydrogens is 392 g/mol. The van der Waals surface area contributed by atoms with E-state index in [4.69, 9.17) is 11.2 Å². The van der Waals surface area contributed by atoms with Crippen LogP contribution in [0.15, 0.2) is 12.7 Å². The Kier molecular flexibility index (Phi) is 9.31. The molecule has 1 saturated carbocycles. The van der Waals surface area contributed by atoms with Gasteiger partial charge in [0.15, 0.2) is 5.78 Å². The second-order valence-electron chi connectivity index (χ2n) is 9.15. The number of nitrogens with zero attached hydrogens (tertiary/aromatic N) is 1. The van der Waals surface area contributed by atoms with Crippen molar-refractivity contribution in [1.29, 1.82) is 0 Å². The van der Waals surface area contributed by atoms with Crippen LogP contribution < -0.4 is 5.32 Å². The maximum absolute atomic E-state index is 12.7. The molecule has 1 aliphatic heterocycles. The van der Waals surface area contributed by atoms with Gasteiger partial charge in [-0.15, -0.1) is 13.0 Å². The molecule has 0 unspecified atom stereocenters. The third kappa shape index (κ3) is 6.67. The summed E-state index contributed by atoms with van der Waals surface area (Å²) in [6.45, 7) is 11.3. The quantitative estimate of drug-likeness (QED) is 0.309. The van der Waals surface area contributed by atoms with Crippen LogP contribution in [0.5, 0.6) is 0 Å². The van der Waals surface area contributed by atoms with Crippen LogP contribution in [0, 0.1) is 23.7 Å². The third-order valence-electron chi connectivity index (χ3n) is 7.08. The Balaban J connectivity index is 1.80. The van der Waals surface area contributed by atoms with Crippen LogP contribution >= 0.6 is 0 Å². The number of ether oxygens (including phenoxy) is 1. The van der Waals surface area contributed by atoms with Crippen LogP contribution in [0.1, 0.15) is 72.1 Å². The fourth-order valence-electron chi connectivity index (χ4n) is 4.94. The molecule has 172 valence electrons. The monoisotopic (exact) mass is 430 g/mol. The third-order valence-corrected chi connectivity index (χ3v) is 7.08. The number of hydrogen-bond acceptors (Lipinski definition) is 5. The lowest BCUT2D eigenvalue weighted by Crippen LogP contribution is -2.38. The molecule has 0 bridgehead atoms. The number of cyclic esters (lactones) is 1. The molecule has 1 saturated heterocycles. The average Bonchev–Trinajstić information content (AvgIpc) is 3.06. The summed E-state index contributed by atoms with van der Waals surface area (Å²) in [4.78, 5) is 38.5. The maximum Gasteiger partial charge on any atom is 0.312 e. The fraction of sp³-hybridized carbons (Fsp3) is 0.720. The van der Waals surface area contributed by atoms with E-state index in [9.17, 15) is 14.4 Å². The van der Waals surface area contributed by atoms with Gasteiger partial charge in [0.1, 0.15) is 12.1 Å². The number of esters is 1. The SMILES string of the molecule is C#C[C@H](NC(C)=O)C(=O)CCC1CCC2(CC1)C[C@H](CCN(CC)[C@@H](C)C=C)OC2=O. The van der Waals surface area contributed by atoms with Crippen molar-refractivity contribution in [3.05, 3.63) is 12.7 Å². The smallest absolute Gasteiger partial charge is 0.312 e. The van der Waals surface area contributed by atoms with E-state index in [0.717, 1.165) is 58.0 Å². The lowest BCUT2D eigenvalue weighted by molar-refractivity contribution is -0.150. The molecule has 0 aromatic rings. The Hall–Kier alpha value is -2.13. The first kappa shape index (κ1) is 25.1. The molecule has 6 heteroatoms. The summed E-state index contributed by atoms with van der Waals surface area (Å²) in [6.07, 6.45) is 13.6. The largest absolute Gasteiger partial charge is 0.462 e. The van der Waals surface area contributed by atoms with Gasteiger partial charge in [0, 0.05) is 32.4 Å². The van der Waals surface area contributed by atoms with Crippen LogP contribution in [0.25, 0.3) is 0 Å². The molecule has 2 fully saturated rings. The van der Waals surface area contributed by atoms with E-state index in [1.54, 1.807) is 0 Å². The Bertz CT molecular complexity index is 703. The molecule has 1 amide bonds. The van der Waals surface area contributed by atoms with Crippen LogP contribution in [0.2, 0.25) is 0 Å². The summed E-state index contributed by atoms with van der Waals surface area (Å²) in [5.74, 6) is 2.30. The highest BCUT2D eigenvalue weighted by Crippen LogP contribution is 2.49. The minimum absolute atomic E-state index is 0.00858. The summed E-state index contributed by atoms with van der Waals surface area (Å²) >= 11 is 0. The lowest BCUT2D eigenvalue weighted by Gasteiger charge is -2.34. The zero-order valence-electron chi connectivity index (χ0n) is 19.3. The molecule has 0 aromatic heterocycles. The zero-order chi connectivity index (χ0) is 23.0. The summed E-state index contributed by atoms with van der Waals surface area (Å²) in [6, 6.07) is -0.529. The van der Waals surface area contributed by atoms with Gasteiger partial charge in [0.2, 0.25) is 5.91 Å². The minimum atomic E-state index is -0.843.